The lowest BCUT2D eigenvalue weighted by Crippen LogP contribution is -2.48. The molecule has 0 aliphatic carbocycles. The number of nitrogens with one attached hydrogen (secondary N) is 1. The number of nitrogens with zero attached hydrogens (tertiary/aromatic N) is 2. The predicted octanol–water partition coefficient (Wildman–Crippen LogP) is 3.07. The number of hydrogen-bond acceptors (Lipinski definition) is 7. The molecule has 0 saturated carbocycles. The maximum Gasteiger partial charge on any atom is 0.274 e. The summed E-state index contributed by atoms with van der Waals surface area (Å²) in [6, 6.07) is 7.19. The summed E-state index contributed by atoms with van der Waals surface area (Å²) in [6.07, 6.45) is 2.00. The monoisotopic (exact) mass is 434 g/mol. The van der Waals surface area contributed by atoms with Crippen LogP contribution in [0.15, 0.2) is 41.5 Å². The van der Waals surface area contributed by atoms with Gasteiger partial charge >= 0.3 is 0 Å². The summed E-state index contributed by atoms with van der Waals surface area (Å²) in [5.41, 5.74) is 5.90. The Kier molecular flexibility index (Phi) is 5.87. The molecule has 7 nitrogen and oxygen atoms in total. The number of carbonyl (C=O) groups excluding carboxylic acids is 1. The third-order valence-electron chi connectivity index (χ3n) is 5.23. The highest BCUT2D eigenvalue weighted by molar-refractivity contribution is 8.13. The van der Waals surface area contributed by atoms with Gasteiger partial charge in [-0.1, -0.05) is 11.8 Å². The van der Waals surface area contributed by atoms with Gasteiger partial charge in [-0.05, 0) is 36.8 Å². The van der Waals surface area contributed by atoms with Gasteiger partial charge in [-0.3, -0.25) is 4.79 Å². The van der Waals surface area contributed by atoms with Crippen LogP contribution in [0.4, 0.5) is 14.5 Å². The third kappa shape index (κ3) is 3.97. The Morgan fingerprint density at radius 3 is 3.03 bits per heavy atom. The zero-order valence-corrected chi connectivity index (χ0v) is 16.8. The molecule has 2 aromatic rings. The van der Waals surface area contributed by atoms with Crippen LogP contribution in [0.1, 0.15) is 22.5 Å². The lowest BCUT2D eigenvalue weighted by Gasteiger charge is -2.43. The molecule has 0 unspecified atom stereocenters. The van der Waals surface area contributed by atoms with Crippen LogP contribution in [0.5, 0.6) is 5.75 Å². The molecule has 2 atom stereocenters. The Bertz CT molecular complexity index is 973. The highest BCUT2D eigenvalue weighted by Crippen LogP contribution is 2.45. The molecule has 158 valence electrons. The number of alkyl halides is 1. The standard InChI is InChI=1S/C20H20F2N4O3S/c21-11-29-14-2-4-17(24-8-14)18(27)25-13-1-3-16(22)15(7-13)20-10-28-6-5-12(20)9-30-19(23)26-20/h1-4,7-8,12H,5-6,9-11H2,(H2,23,26)(H,25,27)/t12-,20-/m0/s1. The van der Waals surface area contributed by atoms with Crippen LogP contribution in [0.25, 0.3) is 0 Å². The molecule has 1 amide bonds. The molecule has 10 heteroatoms. The molecule has 2 aliphatic heterocycles. The fourth-order valence-electron chi connectivity index (χ4n) is 3.72. The second kappa shape index (κ2) is 8.57. The minimum Gasteiger partial charge on any atom is -0.461 e. The Morgan fingerprint density at radius 2 is 2.27 bits per heavy atom. The molecule has 0 bridgehead atoms. The Morgan fingerprint density at radius 1 is 1.40 bits per heavy atom. The van der Waals surface area contributed by atoms with E-state index in [-0.39, 0.29) is 24.0 Å². The summed E-state index contributed by atoms with van der Waals surface area (Å²) in [5.74, 6) is 0.0968. The van der Waals surface area contributed by atoms with E-state index in [4.69, 9.17) is 10.5 Å². The smallest absolute Gasteiger partial charge is 0.274 e. The highest BCUT2D eigenvalue weighted by atomic mass is 32.2. The van der Waals surface area contributed by atoms with Crippen molar-refractivity contribution < 1.29 is 23.0 Å². The number of nitrogens with two attached hydrogens (primary N) is 1. The third-order valence-corrected chi connectivity index (χ3v) is 6.19. The van der Waals surface area contributed by atoms with Crippen molar-refractivity contribution in [2.45, 2.75) is 12.0 Å². The number of halogens is 2. The van der Waals surface area contributed by atoms with Gasteiger partial charge in [-0.25, -0.2) is 18.8 Å². The molecule has 0 spiro atoms. The van der Waals surface area contributed by atoms with Crippen LogP contribution in [-0.2, 0) is 10.3 Å². The number of pyridine rings is 1. The average molecular weight is 434 g/mol. The van der Waals surface area contributed by atoms with Gasteiger partial charge in [-0.2, -0.15) is 0 Å². The first-order valence-electron chi connectivity index (χ1n) is 9.34. The number of anilines is 1. The summed E-state index contributed by atoms with van der Waals surface area (Å²) >= 11 is 1.46. The number of ether oxygens (including phenoxy) is 2. The van der Waals surface area contributed by atoms with Gasteiger partial charge in [0.25, 0.3) is 5.91 Å². The van der Waals surface area contributed by atoms with E-state index in [0.29, 0.717) is 23.0 Å². The molecule has 1 aromatic heterocycles. The number of amides is 1. The maximum atomic E-state index is 14.9. The van der Waals surface area contributed by atoms with Crippen LogP contribution in [-0.4, -0.2) is 41.9 Å². The molecule has 3 N–H and O–H groups in total. The summed E-state index contributed by atoms with van der Waals surface area (Å²) in [4.78, 5) is 21.1. The molecule has 1 saturated heterocycles. The fraction of sp³-hybridized carbons (Fsp3) is 0.350. The summed E-state index contributed by atoms with van der Waals surface area (Å²) < 4.78 is 37.4. The number of aliphatic imine (C=N–C) groups is 1. The van der Waals surface area contributed by atoms with Gasteiger partial charge in [0.05, 0.1) is 12.8 Å². The normalized spacial score (nSPS) is 23.3. The van der Waals surface area contributed by atoms with Crippen molar-refractivity contribution in [2.24, 2.45) is 16.6 Å². The number of amidine groups is 1. The molecule has 2 aliphatic rings. The van der Waals surface area contributed by atoms with Gasteiger partial charge in [-0.15, -0.1) is 0 Å². The molecule has 1 aromatic carbocycles. The van der Waals surface area contributed by atoms with Crippen molar-refractivity contribution in [3.05, 3.63) is 53.6 Å². The Hall–Kier alpha value is -2.72. The zero-order valence-electron chi connectivity index (χ0n) is 15.9. The molecule has 0 radical (unpaired) electrons. The molecule has 4 rings (SSSR count). The first kappa shape index (κ1) is 20.5. The van der Waals surface area contributed by atoms with Crippen LogP contribution in [0.2, 0.25) is 0 Å². The van der Waals surface area contributed by atoms with Gasteiger partial charge < -0.3 is 20.5 Å². The van der Waals surface area contributed by atoms with Crippen molar-refractivity contribution in [2.75, 3.05) is 31.1 Å². The van der Waals surface area contributed by atoms with Gasteiger partial charge in [0, 0.05) is 29.5 Å². The van der Waals surface area contributed by atoms with E-state index in [1.807, 2.05) is 0 Å². The van der Waals surface area contributed by atoms with E-state index in [1.165, 1.54) is 42.2 Å². The Labute approximate surface area is 176 Å². The maximum absolute atomic E-state index is 14.9. The molecule has 30 heavy (non-hydrogen) atoms. The van der Waals surface area contributed by atoms with Crippen LogP contribution in [0, 0.1) is 11.7 Å². The highest BCUT2D eigenvalue weighted by Gasteiger charge is 2.47. The molecular formula is C20H20F2N4O3S. The van der Waals surface area contributed by atoms with E-state index < -0.39 is 24.1 Å². The quantitative estimate of drug-likeness (QED) is 0.751. The van der Waals surface area contributed by atoms with Crippen LogP contribution >= 0.6 is 11.8 Å². The second-order valence-corrected chi connectivity index (χ2v) is 8.05. The van der Waals surface area contributed by atoms with E-state index in [0.717, 1.165) is 12.2 Å². The summed E-state index contributed by atoms with van der Waals surface area (Å²) in [5, 5.41) is 3.10. The average Bonchev–Trinajstić information content (AvgIpc) is 2.75. The lowest BCUT2D eigenvalue weighted by atomic mass is 9.76. The van der Waals surface area contributed by atoms with Crippen molar-refractivity contribution in [3.63, 3.8) is 0 Å². The first-order valence-corrected chi connectivity index (χ1v) is 10.3. The van der Waals surface area contributed by atoms with Crippen molar-refractivity contribution >= 4 is 28.5 Å². The van der Waals surface area contributed by atoms with Crippen molar-refractivity contribution in [1.29, 1.82) is 0 Å². The minimum absolute atomic E-state index is 0.0775. The van der Waals surface area contributed by atoms with Crippen LogP contribution in [0.3, 0.4) is 0 Å². The number of thioether (sulfide) groups is 1. The van der Waals surface area contributed by atoms with E-state index in [1.54, 1.807) is 6.07 Å². The fourth-order valence-corrected chi connectivity index (χ4v) is 4.76. The summed E-state index contributed by atoms with van der Waals surface area (Å²) in [6.45, 7) is -0.164. The number of rotatable bonds is 5. The van der Waals surface area contributed by atoms with Gasteiger partial charge in [0.1, 0.15) is 22.8 Å². The van der Waals surface area contributed by atoms with Crippen LogP contribution < -0.4 is 15.8 Å². The SMILES string of the molecule is NC1=N[C@@]2(c3cc(NC(=O)c4ccc(OCF)cn4)ccc3F)COCC[C@H]2CS1. The topological polar surface area (TPSA) is 98.8 Å². The summed E-state index contributed by atoms with van der Waals surface area (Å²) in [7, 11) is 0. The van der Waals surface area contributed by atoms with Gasteiger partial charge in [0.15, 0.2) is 5.17 Å². The zero-order chi connectivity index (χ0) is 21.1. The van der Waals surface area contributed by atoms with E-state index in [9.17, 15) is 13.6 Å². The number of fused-ring (bicyclic) bond motifs is 1. The first-order chi connectivity index (χ1) is 14.5. The van der Waals surface area contributed by atoms with Crippen molar-refractivity contribution in [1.82, 2.24) is 4.98 Å². The number of hydrogen-bond donors (Lipinski definition) is 2. The van der Waals surface area contributed by atoms with Crippen molar-refractivity contribution in [3.8, 4) is 5.75 Å². The van der Waals surface area contributed by atoms with Gasteiger partial charge in [0.2, 0.25) is 6.86 Å². The number of benzene rings is 1. The molecule has 3 heterocycles. The minimum atomic E-state index is -0.983. The lowest BCUT2D eigenvalue weighted by molar-refractivity contribution is 0.00304. The molecule has 1 fully saturated rings. The predicted molar refractivity (Wildman–Crippen MR) is 110 cm³/mol. The number of carbonyl (C=O) groups is 1. The largest absolute Gasteiger partial charge is 0.461 e. The second-order valence-electron chi connectivity index (χ2n) is 7.00. The number of aromatic nitrogens is 1. The Balaban J connectivity index is 1.62. The molecular weight excluding hydrogens is 414 g/mol. The van der Waals surface area contributed by atoms with E-state index >= 15 is 0 Å². The van der Waals surface area contributed by atoms with E-state index in [2.05, 4.69) is 20.0 Å².